The number of amides is 2. The van der Waals surface area contributed by atoms with Gasteiger partial charge in [0.2, 0.25) is 11.8 Å². The maximum absolute atomic E-state index is 12.5. The second kappa shape index (κ2) is 11.0. The Labute approximate surface area is 162 Å². The lowest BCUT2D eigenvalue weighted by molar-refractivity contribution is -0.145. The zero-order valence-electron chi connectivity index (χ0n) is 15.6. The van der Waals surface area contributed by atoms with Gasteiger partial charge in [-0.25, -0.2) is 4.79 Å². The van der Waals surface area contributed by atoms with E-state index >= 15 is 0 Å². The Morgan fingerprint density at radius 2 is 1.64 bits per heavy atom. The molecule has 28 heavy (non-hydrogen) atoms. The molecule has 0 unspecified atom stereocenters. The van der Waals surface area contributed by atoms with Crippen molar-refractivity contribution in [1.29, 1.82) is 0 Å². The molecule has 10 nitrogen and oxygen atoms in total. The van der Waals surface area contributed by atoms with E-state index in [0.29, 0.717) is 0 Å². The molecule has 0 fully saturated rings. The van der Waals surface area contributed by atoms with Crippen molar-refractivity contribution in [1.82, 2.24) is 10.6 Å². The lowest BCUT2D eigenvalue weighted by Gasteiger charge is -2.23. The molecule has 0 aromatic heterocycles. The van der Waals surface area contributed by atoms with Crippen LogP contribution in [0.3, 0.4) is 0 Å². The van der Waals surface area contributed by atoms with Crippen molar-refractivity contribution >= 4 is 23.8 Å². The Morgan fingerprint density at radius 3 is 2.14 bits per heavy atom. The van der Waals surface area contributed by atoms with E-state index in [1.165, 1.54) is 6.92 Å². The number of aliphatic hydroxyl groups is 1. The maximum atomic E-state index is 12.5. The number of carboxylic acid groups (broad SMARTS) is 1. The van der Waals surface area contributed by atoms with Crippen molar-refractivity contribution in [3.05, 3.63) is 35.9 Å². The summed E-state index contributed by atoms with van der Waals surface area (Å²) in [7, 11) is 1.16. The number of esters is 1. The number of carbonyl (C=O) groups excluding carboxylic acids is 3. The first-order chi connectivity index (χ1) is 13.1. The van der Waals surface area contributed by atoms with Crippen LogP contribution in [0.2, 0.25) is 0 Å². The Bertz CT molecular complexity index is 694. The van der Waals surface area contributed by atoms with E-state index < -0.39 is 54.4 Å². The molecule has 1 aromatic rings. The predicted molar refractivity (Wildman–Crippen MR) is 97.9 cm³/mol. The number of hydrogen-bond donors (Lipinski definition) is 5. The normalized spacial score (nSPS) is 14.9. The molecule has 0 aliphatic carbocycles. The highest BCUT2D eigenvalue weighted by Crippen LogP contribution is 2.06. The monoisotopic (exact) mass is 395 g/mol. The van der Waals surface area contributed by atoms with Crippen molar-refractivity contribution in [2.45, 2.75) is 44.0 Å². The van der Waals surface area contributed by atoms with E-state index in [4.69, 9.17) is 10.8 Å². The minimum Gasteiger partial charge on any atom is -0.481 e. The molecule has 1 aromatic carbocycles. The Kier molecular flexibility index (Phi) is 9.06. The SMILES string of the molecule is COC(=O)[C@H](Cc1ccccc1)NC(=O)[C@H](CC(=O)O)NC(=O)[C@H](N)[C@H](C)O. The van der Waals surface area contributed by atoms with Gasteiger partial charge in [0, 0.05) is 6.42 Å². The highest BCUT2D eigenvalue weighted by atomic mass is 16.5. The van der Waals surface area contributed by atoms with Gasteiger partial charge in [0.1, 0.15) is 18.1 Å². The average Bonchev–Trinajstić information content (AvgIpc) is 2.65. The fraction of sp³-hybridized carbons (Fsp3) is 0.444. The van der Waals surface area contributed by atoms with Crippen molar-refractivity contribution in [3.63, 3.8) is 0 Å². The molecule has 1 rings (SSSR count). The number of aliphatic carboxylic acids is 1. The summed E-state index contributed by atoms with van der Waals surface area (Å²) in [6.07, 6.45) is -1.82. The molecule has 0 radical (unpaired) electrons. The summed E-state index contributed by atoms with van der Waals surface area (Å²) in [6, 6.07) is 4.90. The van der Waals surface area contributed by atoms with Crippen LogP contribution >= 0.6 is 0 Å². The number of aliphatic hydroxyl groups excluding tert-OH is 1. The van der Waals surface area contributed by atoms with Crippen molar-refractivity contribution in [3.8, 4) is 0 Å². The molecule has 0 aliphatic heterocycles. The third-order valence-electron chi connectivity index (χ3n) is 3.92. The summed E-state index contributed by atoms with van der Waals surface area (Å²) in [5.41, 5.74) is 6.24. The molecule has 2 amide bonds. The molecule has 0 saturated carbocycles. The number of nitrogens with two attached hydrogens (primary N) is 1. The molecule has 0 saturated heterocycles. The minimum atomic E-state index is -1.49. The molecule has 4 atom stereocenters. The van der Waals surface area contributed by atoms with Crippen LogP contribution in [0, 0.1) is 0 Å². The highest BCUT2D eigenvalue weighted by molar-refractivity contribution is 5.94. The van der Waals surface area contributed by atoms with E-state index in [9.17, 15) is 24.3 Å². The summed E-state index contributed by atoms with van der Waals surface area (Å²) >= 11 is 0. The van der Waals surface area contributed by atoms with Gasteiger partial charge in [-0.2, -0.15) is 0 Å². The van der Waals surface area contributed by atoms with Gasteiger partial charge in [0.05, 0.1) is 19.6 Å². The minimum absolute atomic E-state index is 0.111. The molecular weight excluding hydrogens is 370 g/mol. The molecule has 6 N–H and O–H groups in total. The average molecular weight is 395 g/mol. The zero-order chi connectivity index (χ0) is 21.3. The van der Waals surface area contributed by atoms with Gasteiger partial charge in [0.15, 0.2) is 0 Å². The van der Waals surface area contributed by atoms with E-state index in [-0.39, 0.29) is 6.42 Å². The summed E-state index contributed by atoms with van der Waals surface area (Å²) in [5.74, 6) is -3.85. The predicted octanol–water partition coefficient (Wildman–Crippen LogP) is -1.45. The maximum Gasteiger partial charge on any atom is 0.328 e. The largest absolute Gasteiger partial charge is 0.481 e. The van der Waals surface area contributed by atoms with Crippen molar-refractivity contribution in [2.24, 2.45) is 5.73 Å². The summed E-state index contributed by atoms with van der Waals surface area (Å²) in [4.78, 5) is 47.6. The number of carboxylic acids is 1. The van der Waals surface area contributed by atoms with Crippen LogP contribution < -0.4 is 16.4 Å². The second-order valence-corrected chi connectivity index (χ2v) is 6.20. The standard InChI is InChI=1S/C18H25N3O7/c1-10(22)15(19)17(26)20-12(9-14(23)24)16(25)21-13(18(27)28-2)8-11-6-4-3-5-7-11/h3-7,10,12-13,15,22H,8-9,19H2,1-2H3,(H,20,26)(H,21,25)(H,23,24)/t10-,12-,13-,15+/m0/s1. The third kappa shape index (κ3) is 7.33. The van der Waals surface area contributed by atoms with Gasteiger partial charge >= 0.3 is 11.9 Å². The number of benzene rings is 1. The summed E-state index contributed by atoms with van der Waals surface area (Å²) in [5, 5.41) is 23.0. The Hall–Kier alpha value is -2.98. The van der Waals surface area contributed by atoms with Crippen LogP contribution in [0.15, 0.2) is 30.3 Å². The second-order valence-electron chi connectivity index (χ2n) is 6.20. The summed E-state index contributed by atoms with van der Waals surface area (Å²) < 4.78 is 4.69. The molecular formula is C18H25N3O7. The third-order valence-corrected chi connectivity index (χ3v) is 3.92. The van der Waals surface area contributed by atoms with E-state index in [1.807, 2.05) is 0 Å². The van der Waals surface area contributed by atoms with Gasteiger partial charge in [-0.1, -0.05) is 30.3 Å². The van der Waals surface area contributed by atoms with Crippen molar-refractivity contribution < 1.29 is 34.1 Å². The molecule has 0 aliphatic rings. The van der Waals surface area contributed by atoms with E-state index in [2.05, 4.69) is 15.4 Å². The lowest BCUT2D eigenvalue weighted by atomic mass is 10.0. The van der Waals surface area contributed by atoms with Crippen LogP contribution in [0.4, 0.5) is 0 Å². The van der Waals surface area contributed by atoms with E-state index in [1.54, 1.807) is 30.3 Å². The van der Waals surface area contributed by atoms with Gasteiger partial charge in [-0.15, -0.1) is 0 Å². The molecule has 0 bridgehead atoms. The van der Waals surface area contributed by atoms with Crippen molar-refractivity contribution in [2.75, 3.05) is 7.11 Å². The number of carbonyl (C=O) groups is 4. The quantitative estimate of drug-likeness (QED) is 0.300. The Morgan fingerprint density at radius 1 is 1.07 bits per heavy atom. The fourth-order valence-electron chi connectivity index (χ4n) is 2.33. The van der Waals surface area contributed by atoms with Gasteiger partial charge < -0.3 is 31.3 Å². The zero-order valence-corrected chi connectivity index (χ0v) is 15.6. The molecule has 0 heterocycles. The number of nitrogens with one attached hydrogen (secondary N) is 2. The van der Waals surface area contributed by atoms with Crippen LogP contribution in [0.25, 0.3) is 0 Å². The Balaban J connectivity index is 2.93. The molecule has 10 heteroatoms. The summed E-state index contributed by atoms with van der Waals surface area (Å²) in [6.45, 7) is 1.28. The number of ether oxygens (including phenoxy) is 1. The first-order valence-electron chi connectivity index (χ1n) is 8.53. The van der Waals surface area contributed by atoms with E-state index in [0.717, 1.165) is 12.7 Å². The van der Waals surface area contributed by atoms with Crippen LogP contribution in [-0.4, -0.2) is 65.3 Å². The van der Waals surface area contributed by atoms with Gasteiger partial charge in [0.25, 0.3) is 0 Å². The molecule has 154 valence electrons. The topological polar surface area (TPSA) is 168 Å². The first kappa shape index (κ1) is 23.1. The van der Waals surface area contributed by atoms with Crippen LogP contribution in [0.1, 0.15) is 18.9 Å². The smallest absolute Gasteiger partial charge is 0.328 e. The van der Waals surface area contributed by atoms with Gasteiger partial charge in [-0.05, 0) is 12.5 Å². The highest BCUT2D eigenvalue weighted by Gasteiger charge is 2.31. The first-order valence-corrected chi connectivity index (χ1v) is 8.53. The number of hydrogen-bond acceptors (Lipinski definition) is 7. The fourth-order valence-corrected chi connectivity index (χ4v) is 2.33. The number of methoxy groups -OCH3 is 1. The van der Waals surface area contributed by atoms with Gasteiger partial charge in [-0.3, -0.25) is 14.4 Å². The lowest BCUT2D eigenvalue weighted by Crippen LogP contribution is -2.57. The van der Waals surface area contributed by atoms with Crippen LogP contribution in [0.5, 0.6) is 0 Å². The van der Waals surface area contributed by atoms with Crippen LogP contribution in [-0.2, 0) is 30.3 Å². The number of rotatable bonds is 10. The molecule has 0 spiro atoms.